The van der Waals surface area contributed by atoms with Crippen LogP contribution in [0.5, 0.6) is 0 Å². The van der Waals surface area contributed by atoms with E-state index in [9.17, 15) is 4.79 Å². The molecule has 0 N–H and O–H groups in total. The van der Waals surface area contributed by atoms with Crippen molar-refractivity contribution in [1.82, 2.24) is 0 Å². The van der Waals surface area contributed by atoms with Crippen molar-refractivity contribution in [2.75, 3.05) is 0 Å². The van der Waals surface area contributed by atoms with Gasteiger partial charge in [0.1, 0.15) is 6.29 Å². The molecule has 0 spiro atoms. The second-order valence-corrected chi connectivity index (χ2v) is 5.49. The van der Waals surface area contributed by atoms with Gasteiger partial charge in [-0.05, 0) is 36.8 Å². The Morgan fingerprint density at radius 3 is 2.95 bits per heavy atom. The Morgan fingerprint density at radius 1 is 1.42 bits per heavy atom. The highest BCUT2D eigenvalue weighted by molar-refractivity contribution is 7.09. The van der Waals surface area contributed by atoms with E-state index >= 15 is 0 Å². The van der Waals surface area contributed by atoms with E-state index in [1.54, 1.807) is 0 Å². The van der Waals surface area contributed by atoms with Gasteiger partial charge in [-0.25, -0.2) is 0 Å². The standard InChI is InChI=1S/C16H25O2P/c1-2-3-5-9-16(18-19)10-7-4-6-8-14-13-15(14)11-12-17/h7,10,12,14-16H,2-3,5,8-9,11,13,19H2,1H3/b10-7+/t14-,15+,16?/m0/s1. The lowest BCUT2D eigenvalue weighted by Crippen LogP contribution is -2.02. The Labute approximate surface area is 119 Å². The van der Waals surface area contributed by atoms with Crippen molar-refractivity contribution in [1.29, 1.82) is 0 Å². The molecule has 1 rings (SSSR count). The van der Waals surface area contributed by atoms with Crippen LogP contribution >= 0.6 is 9.47 Å². The van der Waals surface area contributed by atoms with Gasteiger partial charge in [-0.15, -0.1) is 0 Å². The third kappa shape index (κ3) is 7.51. The zero-order chi connectivity index (χ0) is 13.9. The summed E-state index contributed by atoms with van der Waals surface area (Å²) in [5, 5.41) is 0. The van der Waals surface area contributed by atoms with Crippen LogP contribution in [-0.2, 0) is 9.32 Å². The Kier molecular flexibility index (Phi) is 8.80. The molecule has 1 aliphatic rings. The molecule has 0 amide bonds. The molecule has 2 nitrogen and oxygen atoms in total. The maximum Gasteiger partial charge on any atom is 0.120 e. The molecule has 0 heterocycles. The van der Waals surface area contributed by atoms with Gasteiger partial charge in [0.15, 0.2) is 0 Å². The first-order valence-electron chi connectivity index (χ1n) is 7.26. The number of rotatable bonds is 9. The molecule has 0 saturated heterocycles. The molecule has 1 saturated carbocycles. The van der Waals surface area contributed by atoms with Crippen molar-refractivity contribution in [3.8, 4) is 11.8 Å². The van der Waals surface area contributed by atoms with Gasteiger partial charge in [0.2, 0.25) is 0 Å². The minimum atomic E-state index is 0.162. The van der Waals surface area contributed by atoms with Gasteiger partial charge < -0.3 is 9.32 Å². The van der Waals surface area contributed by atoms with Gasteiger partial charge >= 0.3 is 0 Å². The van der Waals surface area contributed by atoms with Crippen molar-refractivity contribution in [3.05, 3.63) is 12.2 Å². The van der Waals surface area contributed by atoms with E-state index in [4.69, 9.17) is 4.52 Å². The third-order valence-corrected chi connectivity index (χ3v) is 3.95. The number of aldehydes is 1. The summed E-state index contributed by atoms with van der Waals surface area (Å²) >= 11 is 0. The van der Waals surface area contributed by atoms with Crippen LogP contribution in [0.2, 0.25) is 0 Å². The molecule has 1 aliphatic carbocycles. The molecule has 0 aromatic carbocycles. The van der Waals surface area contributed by atoms with Crippen molar-refractivity contribution < 1.29 is 9.32 Å². The maximum atomic E-state index is 10.3. The van der Waals surface area contributed by atoms with E-state index in [1.165, 1.54) is 25.7 Å². The SMILES string of the molecule is CCCCCC(/C=C/C#CC[C@H]1C[C@H]1CC=O)OP. The summed E-state index contributed by atoms with van der Waals surface area (Å²) in [4.78, 5) is 10.3. The second-order valence-electron chi connectivity index (χ2n) is 5.21. The Balaban J connectivity index is 2.15. The highest BCUT2D eigenvalue weighted by Gasteiger charge is 2.35. The average Bonchev–Trinajstić information content (AvgIpc) is 3.15. The number of unbranched alkanes of at least 4 members (excludes halogenated alkanes) is 2. The summed E-state index contributed by atoms with van der Waals surface area (Å²) in [5.74, 6) is 7.50. The predicted octanol–water partition coefficient (Wildman–Crippen LogP) is 3.92. The van der Waals surface area contributed by atoms with Crippen LogP contribution in [0, 0.1) is 23.7 Å². The minimum Gasteiger partial charge on any atom is -0.358 e. The van der Waals surface area contributed by atoms with Crippen molar-refractivity contribution in [2.24, 2.45) is 11.8 Å². The molecule has 0 aromatic rings. The van der Waals surface area contributed by atoms with E-state index in [-0.39, 0.29) is 6.10 Å². The average molecular weight is 280 g/mol. The van der Waals surface area contributed by atoms with Crippen LogP contribution in [0.15, 0.2) is 12.2 Å². The van der Waals surface area contributed by atoms with Gasteiger partial charge in [0.05, 0.1) is 6.10 Å². The van der Waals surface area contributed by atoms with E-state index in [1.807, 2.05) is 12.2 Å². The quantitative estimate of drug-likeness (QED) is 0.277. The van der Waals surface area contributed by atoms with Crippen molar-refractivity contribution >= 4 is 15.8 Å². The molecule has 0 aliphatic heterocycles. The van der Waals surface area contributed by atoms with Gasteiger partial charge in [-0.3, -0.25) is 0 Å². The summed E-state index contributed by atoms with van der Waals surface area (Å²) in [7, 11) is 2.33. The Bertz CT molecular complexity index is 340. The molecule has 3 heteroatoms. The molecule has 4 atom stereocenters. The third-order valence-electron chi connectivity index (χ3n) is 3.60. The van der Waals surface area contributed by atoms with Crippen LogP contribution in [0.4, 0.5) is 0 Å². The molecule has 1 fully saturated rings. The van der Waals surface area contributed by atoms with Gasteiger partial charge in [-0.1, -0.05) is 38.0 Å². The van der Waals surface area contributed by atoms with Crippen LogP contribution in [0.3, 0.4) is 0 Å². The van der Waals surface area contributed by atoms with E-state index < -0.39 is 0 Å². The van der Waals surface area contributed by atoms with Crippen LogP contribution < -0.4 is 0 Å². The zero-order valence-electron chi connectivity index (χ0n) is 11.8. The van der Waals surface area contributed by atoms with Crippen LogP contribution in [0.1, 0.15) is 51.9 Å². The van der Waals surface area contributed by atoms with Crippen molar-refractivity contribution in [2.45, 2.75) is 58.0 Å². The first kappa shape index (κ1) is 16.4. The zero-order valence-corrected chi connectivity index (χ0v) is 13.0. The lowest BCUT2D eigenvalue weighted by Gasteiger charge is -2.08. The molecule has 0 radical (unpaired) electrons. The van der Waals surface area contributed by atoms with E-state index in [0.717, 1.165) is 19.1 Å². The number of hydrogen-bond donors (Lipinski definition) is 0. The molecular formula is C16H25O2P. The topological polar surface area (TPSA) is 26.3 Å². The highest BCUT2D eigenvalue weighted by atomic mass is 31.0. The van der Waals surface area contributed by atoms with Gasteiger partial charge in [0.25, 0.3) is 0 Å². The smallest absolute Gasteiger partial charge is 0.120 e. The van der Waals surface area contributed by atoms with Gasteiger partial charge in [-0.2, -0.15) is 0 Å². The largest absolute Gasteiger partial charge is 0.358 e. The molecule has 0 aromatic heterocycles. The van der Waals surface area contributed by atoms with Gasteiger partial charge in [0, 0.05) is 22.3 Å². The summed E-state index contributed by atoms with van der Waals surface area (Å²) in [6, 6.07) is 0. The summed E-state index contributed by atoms with van der Waals surface area (Å²) in [6.45, 7) is 2.20. The van der Waals surface area contributed by atoms with Crippen LogP contribution in [0.25, 0.3) is 0 Å². The summed E-state index contributed by atoms with van der Waals surface area (Å²) < 4.78 is 5.31. The summed E-state index contributed by atoms with van der Waals surface area (Å²) in [5.41, 5.74) is 0. The van der Waals surface area contributed by atoms with E-state index in [2.05, 4.69) is 28.2 Å². The molecule has 19 heavy (non-hydrogen) atoms. The maximum absolute atomic E-state index is 10.3. The second kappa shape index (κ2) is 10.2. The van der Waals surface area contributed by atoms with E-state index in [0.29, 0.717) is 18.3 Å². The summed E-state index contributed by atoms with van der Waals surface area (Å²) in [6.07, 6.45) is 12.7. The fourth-order valence-corrected chi connectivity index (χ4v) is 2.41. The Morgan fingerprint density at radius 2 is 2.26 bits per heavy atom. The highest BCUT2D eigenvalue weighted by Crippen LogP contribution is 2.42. The molecular weight excluding hydrogens is 255 g/mol. The minimum absolute atomic E-state index is 0.162. The number of allylic oxidation sites excluding steroid dienone is 1. The lowest BCUT2D eigenvalue weighted by atomic mass is 10.1. The fourth-order valence-electron chi connectivity index (χ4n) is 2.18. The predicted molar refractivity (Wildman–Crippen MR) is 82.5 cm³/mol. The molecule has 2 unspecified atom stereocenters. The molecule has 106 valence electrons. The fraction of sp³-hybridized carbons (Fsp3) is 0.688. The normalized spacial score (nSPS) is 22.8. The first-order valence-corrected chi connectivity index (χ1v) is 7.73. The lowest BCUT2D eigenvalue weighted by molar-refractivity contribution is -0.108. The number of hydrogen-bond acceptors (Lipinski definition) is 2. The van der Waals surface area contributed by atoms with Crippen LogP contribution in [-0.4, -0.2) is 12.4 Å². The van der Waals surface area contributed by atoms with Crippen molar-refractivity contribution in [3.63, 3.8) is 0 Å². The monoisotopic (exact) mass is 280 g/mol. The number of carbonyl (C=O) groups excluding carboxylic acids is 1. The number of carbonyl (C=O) groups is 1. The molecule has 0 bridgehead atoms. The Hall–Kier alpha value is -0.640. The first-order chi connectivity index (χ1) is 9.31.